The summed E-state index contributed by atoms with van der Waals surface area (Å²) in [4.78, 5) is 4.82. The highest BCUT2D eigenvalue weighted by Crippen LogP contribution is 2.35. The van der Waals surface area contributed by atoms with Crippen molar-refractivity contribution in [3.63, 3.8) is 0 Å². The Balaban J connectivity index is 1.89. The Hall–Kier alpha value is -1.47. The smallest absolute Gasteiger partial charge is 0.203 e. The summed E-state index contributed by atoms with van der Waals surface area (Å²) in [5, 5.41) is 3.87. The number of aromatic nitrogens is 2. The maximum atomic E-state index is 12.1. The van der Waals surface area contributed by atoms with Crippen molar-refractivity contribution >= 4 is 26.5 Å². The number of sulfone groups is 1. The van der Waals surface area contributed by atoms with Crippen molar-refractivity contribution < 1.29 is 8.42 Å². The molecule has 1 aliphatic rings. The van der Waals surface area contributed by atoms with Crippen LogP contribution in [0.3, 0.4) is 0 Å². The fourth-order valence-corrected chi connectivity index (χ4v) is 4.74. The van der Waals surface area contributed by atoms with Crippen LogP contribution < -0.4 is 5.32 Å². The molecule has 1 N–H and O–H groups in total. The van der Waals surface area contributed by atoms with Crippen LogP contribution in [0.25, 0.3) is 0 Å². The zero-order valence-electron chi connectivity index (χ0n) is 11.2. The Kier molecular flexibility index (Phi) is 3.25. The van der Waals surface area contributed by atoms with E-state index in [1.165, 1.54) is 11.5 Å². The minimum Gasteiger partial charge on any atom is -0.352 e. The highest BCUT2D eigenvalue weighted by atomic mass is 32.2. The summed E-state index contributed by atoms with van der Waals surface area (Å²) in [6.07, 6.45) is 0. The number of hydrogen-bond acceptors (Lipinski definition) is 6. The molecule has 1 aromatic carbocycles. The molecule has 20 heavy (non-hydrogen) atoms. The third-order valence-corrected chi connectivity index (χ3v) is 5.75. The van der Waals surface area contributed by atoms with Crippen molar-refractivity contribution in [3.05, 3.63) is 35.7 Å². The molecule has 0 saturated heterocycles. The molecule has 1 aliphatic heterocycles. The van der Waals surface area contributed by atoms with Crippen LogP contribution in [0.2, 0.25) is 0 Å². The van der Waals surface area contributed by atoms with Crippen molar-refractivity contribution in [2.45, 2.75) is 30.7 Å². The molecular formula is C13H15N3O2S2. The minimum atomic E-state index is -3.19. The van der Waals surface area contributed by atoms with E-state index in [1.54, 1.807) is 12.1 Å². The Bertz CT molecular complexity index is 738. The van der Waals surface area contributed by atoms with Crippen molar-refractivity contribution in [2.75, 3.05) is 11.1 Å². The number of benzene rings is 1. The predicted molar refractivity (Wildman–Crippen MR) is 78.9 cm³/mol. The van der Waals surface area contributed by atoms with Gasteiger partial charge in [0.15, 0.2) is 9.84 Å². The summed E-state index contributed by atoms with van der Waals surface area (Å²) in [6.45, 7) is 4.06. The maximum Gasteiger partial charge on any atom is 0.203 e. The maximum absolute atomic E-state index is 12.1. The van der Waals surface area contributed by atoms with Gasteiger partial charge in [0.1, 0.15) is 5.82 Å². The summed E-state index contributed by atoms with van der Waals surface area (Å²) >= 11 is 1.27. The predicted octanol–water partition coefficient (Wildman–Crippen LogP) is 2.60. The number of anilines is 1. The third-order valence-electron chi connectivity index (χ3n) is 3.27. The largest absolute Gasteiger partial charge is 0.352 e. The molecule has 1 aromatic heterocycles. The van der Waals surface area contributed by atoms with Crippen molar-refractivity contribution in [2.24, 2.45) is 0 Å². The van der Waals surface area contributed by atoms with Crippen LogP contribution in [0, 0.1) is 0 Å². The van der Waals surface area contributed by atoms with Crippen LogP contribution in [0.15, 0.2) is 29.2 Å². The van der Waals surface area contributed by atoms with Crippen LogP contribution in [-0.4, -0.2) is 23.5 Å². The molecule has 0 bridgehead atoms. The molecule has 0 radical (unpaired) electrons. The number of nitrogens with zero attached hydrogens (tertiary/aromatic N) is 2. The van der Waals surface area contributed by atoms with E-state index in [2.05, 4.69) is 14.7 Å². The first-order valence-electron chi connectivity index (χ1n) is 6.39. The van der Waals surface area contributed by atoms with E-state index < -0.39 is 9.84 Å². The molecule has 106 valence electrons. The average Bonchev–Trinajstić information content (AvgIpc) is 2.95. The topological polar surface area (TPSA) is 72.0 Å². The molecule has 2 heterocycles. The van der Waals surface area contributed by atoms with Gasteiger partial charge in [0.25, 0.3) is 0 Å². The molecule has 0 saturated carbocycles. The second-order valence-electron chi connectivity index (χ2n) is 5.13. The van der Waals surface area contributed by atoms with Crippen molar-refractivity contribution in [1.82, 2.24) is 9.36 Å². The fraction of sp³-hybridized carbons (Fsp3) is 0.385. The Labute approximate surface area is 122 Å². The van der Waals surface area contributed by atoms with Crippen LogP contribution >= 0.6 is 11.5 Å². The summed E-state index contributed by atoms with van der Waals surface area (Å²) in [7, 11) is -3.19. The lowest BCUT2D eigenvalue weighted by molar-refractivity contribution is 0.598. The Morgan fingerprint density at radius 2 is 2.10 bits per heavy atom. The number of rotatable bonds is 3. The highest BCUT2D eigenvalue weighted by Gasteiger charge is 2.34. The van der Waals surface area contributed by atoms with E-state index in [9.17, 15) is 8.42 Å². The van der Waals surface area contributed by atoms with Crippen LogP contribution in [0.1, 0.15) is 37.2 Å². The quantitative estimate of drug-likeness (QED) is 0.943. The lowest BCUT2D eigenvalue weighted by Gasteiger charge is -2.10. The standard InChI is InChI=1S/C13H15N3O2S2/c1-8(2)12-15-13(19-16-12)14-10-7-20(17,18)11-6-4-3-5-9(10)11/h3-6,8,10H,7H2,1-2H3,(H,14,15,16)/t10-/m0/s1. The van der Waals surface area contributed by atoms with Gasteiger partial charge in [0.2, 0.25) is 5.13 Å². The molecule has 2 aromatic rings. The first kappa shape index (κ1) is 13.5. The van der Waals surface area contributed by atoms with Crippen molar-refractivity contribution in [1.29, 1.82) is 0 Å². The molecule has 0 spiro atoms. The third kappa shape index (κ3) is 2.31. The lowest BCUT2D eigenvalue weighted by Crippen LogP contribution is -2.12. The fourth-order valence-electron chi connectivity index (χ4n) is 2.25. The molecule has 5 nitrogen and oxygen atoms in total. The van der Waals surface area contributed by atoms with E-state index >= 15 is 0 Å². The molecule has 1 atom stereocenters. The second-order valence-corrected chi connectivity index (χ2v) is 7.88. The monoisotopic (exact) mass is 309 g/mol. The number of nitrogens with one attached hydrogen (secondary N) is 1. The number of hydrogen-bond donors (Lipinski definition) is 1. The van der Waals surface area contributed by atoms with Gasteiger partial charge in [-0.15, -0.1) is 0 Å². The van der Waals surface area contributed by atoms with Gasteiger partial charge in [-0.1, -0.05) is 32.0 Å². The highest BCUT2D eigenvalue weighted by molar-refractivity contribution is 7.91. The van der Waals surface area contributed by atoms with Gasteiger partial charge in [-0.25, -0.2) is 13.4 Å². The lowest BCUT2D eigenvalue weighted by atomic mass is 10.1. The normalized spacial score (nSPS) is 20.1. The van der Waals surface area contributed by atoms with Gasteiger partial charge in [0.05, 0.1) is 16.7 Å². The van der Waals surface area contributed by atoms with E-state index in [0.717, 1.165) is 11.4 Å². The molecule has 7 heteroatoms. The second kappa shape index (κ2) is 4.82. The van der Waals surface area contributed by atoms with E-state index in [4.69, 9.17) is 0 Å². The van der Waals surface area contributed by atoms with Crippen LogP contribution in [0.5, 0.6) is 0 Å². The molecular weight excluding hydrogens is 294 g/mol. The van der Waals surface area contributed by atoms with Crippen LogP contribution in [0.4, 0.5) is 5.13 Å². The van der Waals surface area contributed by atoms with Gasteiger partial charge in [-0.2, -0.15) is 4.37 Å². The van der Waals surface area contributed by atoms with Crippen molar-refractivity contribution in [3.8, 4) is 0 Å². The SMILES string of the molecule is CC(C)c1nsc(N[C@H]2CS(=O)(=O)c3ccccc32)n1. The van der Waals surface area contributed by atoms with E-state index in [0.29, 0.717) is 10.0 Å². The van der Waals surface area contributed by atoms with Gasteiger partial charge >= 0.3 is 0 Å². The van der Waals surface area contributed by atoms with Crippen LogP contribution in [-0.2, 0) is 9.84 Å². The molecule has 0 amide bonds. The molecule has 0 fully saturated rings. The minimum absolute atomic E-state index is 0.0724. The first-order chi connectivity index (χ1) is 9.47. The molecule has 3 rings (SSSR count). The zero-order chi connectivity index (χ0) is 14.3. The number of fused-ring (bicyclic) bond motifs is 1. The molecule has 0 aliphatic carbocycles. The first-order valence-corrected chi connectivity index (χ1v) is 8.82. The Morgan fingerprint density at radius 1 is 1.35 bits per heavy atom. The van der Waals surface area contributed by atoms with Gasteiger partial charge < -0.3 is 5.32 Å². The average molecular weight is 309 g/mol. The van der Waals surface area contributed by atoms with Gasteiger partial charge in [0, 0.05) is 17.5 Å². The Morgan fingerprint density at radius 3 is 2.80 bits per heavy atom. The summed E-state index contributed by atoms with van der Waals surface area (Å²) in [6, 6.07) is 6.87. The van der Waals surface area contributed by atoms with Gasteiger partial charge in [-0.3, -0.25) is 0 Å². The van der Waals surface area contributed by atoms with E-state index in [1.807, 2.05) is 26.0 Å². The summed E-state index contributed by atoms with van der Waals surface area (Å²) in [5.41, 5.74) is 0.814. The molecule has 0 unspecified atom stereocenters. The van der Waals surface area contributed by atoms with Gasteiger partial charge in [-0.05, 0) is 11.6 Å². The zero-order valence-corrected chi connectivity index (χ0v) is 12.8. The summed E-state index contributed by atoms with van der Waals surface area (Å²) < 4.78 is 28.5. The summed E-state index contributed by atoms with van der Waals surface area (Å²) in [5.74, 6) is 1.12. The van der Waals surface area contributed by atoms with E-state index in [-0.39, 0.29) is 17.7 Å².